The maximum Gasteiger partial charge on any atom is 0.317 e. The SMILES string of the molecule is COCCNC(=O)N1CC(c2nc(CCN(C)C(=O)C3CC3)no2)C1. The Morgan fingerprint density at radius 1 is 1.40 bits per heavy atom. The van der Waals surface area contributed by atoms with Crippen LogP contribution in [0.1, 0.15) is 30.5 Å². The van der Waals surface area contributed by atoms with Gasteiger partial charge in [0.1, 0.15) is 0 Å². The number of amides is 3. The standard InChI is InChI=1S/C16H25N5O4/c1-20(15(22)11-3-4-11)7-5-13-18-14(25-19-13)12-9-21(10-12)16(23)17-6-8-24-2/h11-12H,3-10H2,1-2H3,(H,17,23). The normalized spacial score (nSPS) is 17.3. The first-order chi connectivity index (χ1) is 12.1. The van der Waals surface area contributed by atoms with E-state index in [1.807, 2.05) is 7.05 Å². The number of rotatable bonds is 8. The molecule has 0 spiro atoms. The summed E-state index contributed by atoms with van der Waals surface area (Å²) in [7, 11) is 3.41. The minimum absolute atomic E-state index is 0.0836. The molecule has 0 atom stereocenters. The molecule has 2 heterocycles. The second-order valence-corrected chi connectivity index (χ2v) is 6.66. The zero-order valence-electron chi connectivity index (χ0n) is 14.7. The first-order valence-electron chi connectivity index (χ1n) is 8.67. The molecule has 2 fully saturated rings. The minimum atomic E-state index is -0.103. The lowest BCUT2D eigenvalue weighted by Gasteiger charge is -2.36. The number of aromatic nitrogens is 2. The Labute approximate surface area is 146 Å². The second-order valence-electron chi connectivity index (χ2n) is 6.66. The van der Waals surface area contributed by atoms with Crippen molar-refractivity contribution in [2.24, 2.45) is 5.92 Å². The van der Waals surface area contributed by atoms with E-state index in [4.69, 9.17) is 9.26 Å². The number of urea groups is 1. The summed E-state index contributed by atoms with van der Waals surface area (Å²) in [4.78, 5) is 31.6. The lowest BCUT2D eigenvalue weighted by atomic mass is 10.0. The van der Waals surface area contributed by atoms with Crippen LogP contribution in [0.4, 0.5) is 4.79 Å². The van der Waals surface area contributed by atoms with Gasteiger partial charge in [-0.15, -0.1) is 0 Å². The minimum Gasteiger partial charge on any atom is -0.383 e. The molecule has 0 bridgehead atoms. The number of carbonyl (C=O) groups is 2. The van der Waals surface area contributed by atoms with Gasteiger partial charge in [0.05, 0.1) is 12.5 Å². The van der Waals surface area contributed by atoms with Crippen LogP contribution in [0, 0.1) is 5.92 Å². The van der Waals surface area contributed by atoms with Crippen molar-refractivity contribution in [2.75, 3.05) is 46.9 Å². The Morgan fingerprint density at radius 3 is 2.84 bits per heavy atom. The predicted molar refractivity (Wildman–Crippen MR) is 88.0 cm³/mol. The van der Waals surface area contributed by atoms with E-state index < -0.39 is 0 Å². The summed E-state index contributed by atoms with van der Waals surface area (Å²) in [5.74, 6) is 1.68. The van der Waals surface area contributed by atoms with Crippen molar-refractivity contribution < 1.29 is 18.8 Å². The summed E-state index contributed by atoms with van der Waals surface area (Å²) in [6, 6.07) is -0.103. The number of methoxy groups -OCH3 is 1. The monoisotopic (exact) mass is 351 g/mol. The molecule has 1 N–H and O–H groups in total. The van der Waals surface area contributed by atoms with Crippen LogP contribution in [0.3, 0.4) is 0 Å². The van der Waals surface area contributed by atoms with Gasteiger partial charge in [-0.1, -0.05) is 5.16 Å². The van der Waals surface area contributed by atoms with Gasteiger partial charge in [0.25, 0.3) is 0 Å². The molecule has 3 rings (SSSR count). The van der Waals surface area contributed by atoms with Gasteiger partial charge >= 0.3 is 6.03 Å². The maximum atomic E-state index is 11.9. The fraction of sp³-hybridized carbons (Fsp3) is 0.750. The Kier molecular flexibility index (Phi) is 5.52. The van der Waals surface area contributed by atoms with Crippen molar-refractivity contribution in [3.63, 3.8) is 0 Å². The van der Waals surface area contributed by atoms with Crippen molar-refractivity contribution in [3.8, 4) is 0 Å². The number of likely N-dealkylation sites (N-methyl/N-ethyl adjacent to an activating group) is 1. The maximum absolute atomic E-state index is 11.9. The van der Waals surface area contributed by atoms with Gasteiger partial charge < -0.3 is 24.4 Å². The van der Waals surface area contributed by atoms with Crippen molar-refractivity contribution in [1.29, 1.82) is 0 Å². The predicted octanol–water partition coefficient (Wildman–Crippen LogP) is 0.236. The van der Waals surface area contributed by atoms with Gasteiger partial charge in [-0.05, 0) is 12.8 Å². The van der Waals surface area contributed by atoms with Gasteiger partial charge in [-0.25, -0.2) is 4.79 Å². The summed E-state index contributed by atoms with van der Waals surface area (Å²) in [6.45, 7) is 2.72. The summed E-state index contributed by atoms with van der Waals surface area (Å²) >= 11 is 0. The van der Waals surface area contributed by atoms with Crippen LogP contribution in [0.5, 0.6) is 0 Å². The van der Waals surface area contributed by atoms with Gasteiger partial charge in [0.15, 0.2) is 5.82 Å². The molecule has 0 aromatic carbocycles. The highest BCUT2D eigenvalue weighted by molar-refractivity contribution is 5.80. The Morgan fingerprint density at radius 2 is 2.16 bits per heavy atom. The topological polar surface area (TPSA) is 101 Å². The average molecular weight is 351 g/mol. The summed E-state index contributed by atoms with van der Waals surface area (Å²) in [6.07, 6.45) is 2.59. The van der Waals surface area contributed by atoms with Crippen LogP contribution in [-0.4, -0.2) is 78.8 Å². The Hall–Kier alpha value is -2.16. The molecule has 25 heavy (non-hydrogen) atoms. The molecule has 9 nitrogen and oxygen atoms in total. The molecule has 138 valence electrons. The van der Waals surface area contributed by atoms with E-state index in [2.05, 4.69) is 15.5 Å². The lowest BCUT2D eigenvalue weighted by molar-refractivity contribution is -0.131. The quantitative estimate of drug-likeness (QED) is 0.673. The molecule has 0 radical (unpaired) electrons. The molecule has 1 aromatic rings. The zero-order valence-corrected chi connectivity index (χ0v) is 14.7. The molecule has 1 aliphatic heterocycles. The number of ether oxygens (including phenoxy) is 1. The molecule has 1 saturated heterocycles. The van der Waals surface area contributed by atoms with E-state index in [9.17, 15) is 9.59 Å². The smallest absolute Gasteiger partial charge is 0.317 e. The summed E-state index contributed by atoms with van der Waals surface area (Å²) in [5, 5.41) is 6.76. The van der Waals surface area contributed by atoms with Crippen molar-refractivity contribution >= 4 is 11.9 Å². The molecule has 1 aliphatic carbocycles. The van der Waals surface area contributed by atoms with Gasteiger partial charge in [-0.3, -0.25) is 4.79 Å². The zero-order chi connectivity index (χ0) is 17.8. The largest absolute Gasteiger partial charge is 0.383 e. The van der Waals surface area contributed by atoms with Crippen LogP contribution in [0.2, 0.25) is 0 Å². The first kappa shape index (κ1) is 17.7. The molecule has 3 amide bonds. The second kappa shape index (κ2) is 7.81. The fourth-order valence-corrected chi connectivity index (χ4v) is 2.73. The molecular formula is C16H25N5O4. The van der Waals surface area contributed by atoms with E-state index >= 15 is 0 Å². The summed E-state index contributed by atoms with van der Waals surface area (Å²) < 4.78 is 10.2. The van der Waals surface area contributed by atoms with E-state index in [1.165, 1.54) is 0 Å². The number of hydrogen-bond acceptors (Lipinski definition) is 6. The molecule has 9 heteroatoms. The molecular weight excluding hydrogens is 326 g/mol. The number of hydrogen-bond donors (Lipinski definition) is 1. The third-order valence-electron chi connectivity index (χ3n) is 4.56. The van der Waals surface area contributed by atoms with E-state index in [0.29, 0.717) is 50.9 Å². The number of carbonyl (C=O) groups excluding carboxylic acids is 2. The van der Waals surface area contributed by atoms with Crippen LogP contribution in [0.25, 0.3) is 0 Å². The lowest BCUT2D eigenvalue weighted by Crippen LogP contribution is -2.53. The number of likely N-dealkylation sites (tertiary alicyclic amines) is 1. The number of nitrogens with one attached hydrogen (secondary N) is 1. The molecule has 1 saturated carbocycles. The highest BCUT2D eigenvalue weighted by Crippen LogP contribution is 2.30. The third kappa shape index (κ3) is 4.47. The molecule has 0 unspecified atom stereocenters. The van der Waals surface area contributed by atoms with Gasteiger partial charge in [0.2, 0.25) is 11.8 Å². The fourth-order valence-electron chi connectivity index (χ4n) is 2.73. The first-order valence-corrected chi connectivity index (χ1v) is 8.67. The van der Waals surface area contributed by atoms with Crippen molar-refractivity contribution in [1.82, 2.24) is 25.3 Å². The van der Waals surface area contributed by atoms with Gasteiger partial charge in [-0.2, -0.15) is 4.98 Å². The average Bonchev–Trinajstić information content (AvgIpc) is 3.31. The van der Waals surface area contributed by atoms with Crippen LogP contribution in [-0.2, 0) is 16.0 Å². The van der Waals surface area contributed by atoms with E-state index in [0.717, 1.165) is 12.8 Å². The van der Waals surface area contributed by atoms with Crippen LogP contribution in [0.15, 0.2) is 4.52 Å². The number of nitrogens with zero attached hydrogens (tertiary/aromatic N) is 4. The van der Waals surface area contributed by atoms with Crippen molar-refractivity contribution in [3.05, 3.63) is 11.7 Å². The highest BCUT2D eigenvalue weighted by atomic mass is 16.5. The van der Waals surface area contributed by atoms with Gasteiger partial charge in [0, 0.05) is 52.7 Å². The van der Waals surface area contributed by atoms with E-state index in [1.54, 1.807) is 16.9 Å². The summed E-state index contributed by atoms with van der Waals surface area (Å²) in [5.41, 5.74) is 0. The van der Waals surface area contributed by atoms with E-state index in [-0.39, 0.29) is 23.8 Å². The van der Waals surface area contributed by atoms with Crippen molar-refractivity contribution in [2.45, 2.75) is 25.2 Å². The Balaban J connectivity index is 1.39. The third-order valence-corrected chi connectivity index (χ3v) is 4.56. The Bertz CT molecular complexity index is 609. The molecule has 1 aromatic heterocycles. The molecule has 2 aliphatic rings. The van der Waals surface area contributed by atoms with Crippen LogP contribution >= 0.6 is 0 Å². The van der Waals surface area contributed by atoms with Crippen LogP contribution < -0.4 is 5.32 Å². The highest BCUT2D eigenvalue weighted by Gasteiger charge is 2.35.